The summed E-state index contributed by atoms with van der Waals surface area (Å²) in [6.07, 6.45) is 4.63. The Morgan fingerprint density at radius 2 is 2.03 bits per heavy atom. The van der Waals surface area contributed by atoms with Crippen LogP contribution in [-0.4, -0.2) is 60.0 Å². The number of H-pyrrole nitrogens is 1. The van der Waals surface area contributed by atoms with Gasteiger partial charge in [-0.3, -0.25) is 15.1 Å². The van der Waals surface area contributed by atoms with Crippen molar-refractivity contribution in [2.75, 3.05) is 26.7 Å². The Morgan fingerprint density at radius 3 is 2.72 bits per heavy atom. The molecule has 2 aliphatic rings. The van der Waals surface area contributed by atoms with Gasteiger partial charge in [0.25, 0.3) is 5.91 Å². The molecule has 1 aromatic carbocycles. The molecule has 29 heavy (non-hydrogen) atoms. The van der Waals surface area contributed by atoms with E-state index in [1.165, 1.54) is 10.9 Å². The Bertz CT molecular complexity index is 944. The van der Waals surface area contributed by atoms with Gasteiger partial charge in [-0.05, 0) is 43.7 Å². The lowest BCUT2D eigenvalue weighted by atomic mass is 9.79. The summed E-state index contributed by atoms with van der Waals surface area (Å²) in [5, 5.41) is 9.89. The molecule has 1 atom stereocenters. The summed E-state index contributed by atoms with van der Waals surface area (Å²) in [6, 6.07) is 7.92. The smallest absolute Gasteiger partial charge is 0.322 e. The average molecular weight is 396 g/mol. The van der Waals surface area contributed by atoms with Crippen LogP contribution in [0.4, 0.5) is 4.79 Å². The fraction of sp³-hybridized carbons (Fsp3) is 0.476. The molecule has 8 nitrogen and oxygen atoms in total. The Kier molecular flexibility index (Phi) is 5.17. The third-order valence-electron chi connectivity index (χ3n) is 6.25. The van der Waals surface area contributed by atoms with Crippen molar-refractivity contribution in [1.29, 1.82) is 0 Å². The molecule has 3 amide bonds. The van der Waals surface area contributed by atoms with Crippen LogP contribution in [0.25, 0.3) is 10.9 Å². The van der Waals surface area contributed by atoms with E-state index < -0.39 is 11.6 Å². The highest BCUT2D eigenvalue weighted by molar-refractivity contribution is 6.07. The molecule has 2 aromatic rings. The lowest BCUT2D eigenvalue weighted by Gasteiger charge is -2.39. The SMILES string of the molecule is CN=C(NCCc1c[nH]c2ccccc12)N1CCC(C2(C)NC(=O)NC2=O)CC1. The number of carbonyl (C=O) groups is 2. The molecule has 8 heteroatoms. The number of carbonyl (C=O) groups excluding carboxylic acids is 2. The molecule has 2 saturated heterocycles. The van der Waals surface area contributed by atoms with E-state index in [2.05, 4.69) is 55.2 Å². The molecule has 0 aliphatic carbocycles. The Morgan fingerprint density at radius 1 is 1.28 bits per heavy atom. The number of aromatic amines is 1. The quantitative estimate of drug-likeness (QED) is 0.358. The number of urea groups is 1. The van der Waals surface area contributed by atoms with Crippen molar-refractivity contribution in [3.05, 3.63) is 36.0 Å². The van der Waals surface area contributed by atoms with Crippen LogP contribution in [-0.2, 0) is 11.2 Å². The zero-order valence-electron chi connectivity index (χ0n) is 16.9. The van der Waals surface area contributed by atoms with Crippen LogP contribution in [0.15, 0.2) is 35.5 Å². The number of hydrogen-bond donors (Lipinski definition) is 4. The van der Waals surface area contributed by atoms with Gasteiger partial charge < -0.3 is 20.5 Å². The molecule has 1 unspecified atom stereocenters. The molecule has 0 bridgehead atoms. The van der Waals surface area contributed by atoms with E-state index >= 15 is 0 Å². The van der Waals surface area contributed by atoms with Gasteiger partial charge in [0, 0.05) is 43.8 Å². The second kappa shape index (κ2) is 7.77. The number of aliphatic imine (C=N–C) groups is 1. The Labute approximate surface area is 170 Å². The maximum absolute atomic E-state index is 12.2. The summed E-state index contributed by atoms with van der Waals surface area (Å²) < 4.78 is 0. The lowest BCUT2D eigenvalue weighted by molar-refractivity contribution is -0.125. The highest BCUT2D eigenvalue weighted by atomic mass is 16.2. The average Bonchev–Trinajstić information content (AvgIpc) is 3.26. The third-order valence-corrected chi connectivity index (χ3v) is 6.25. The number of guanidine groups is 1. The number of benzene rings is 1. The summed E-state index contributed by atoms with van der Waals surface area (Å²) in [5.74, 6) is 0.782. The minimum atomic E-state index is -0.810. The van der Waals surface area contributed by atoms with Crippen molar-refractivity contribution in [2.45, 2.75) is 31.7 Å². The predicted octanol–water partition coefficient (Wildman–Crippen LogP) is 1.60. The van der Waals surface area contributed by atoms with Crippen LogP contribution in [0.5, 0.6) is 0 Å². The highest BCUT2D eigenvalue weighted by Gasteiger charge is 2.48. The number of nitrogens with zero attached hydrogens (tertiary/aromatic N) is 2. The van der Waals surface area contributed by atoms with E-state index in [-0.39, 0.29) is 11.8 Å². The van der Waals surface area contributed by atoms with Crippen molar-refractivity contribution in [3.63, 3.8) is 0 Å². The summed E-state index contributed by atoms with van der Waals surface area (Å²) in [4.78, 5) is 33.7. The molecule has 0 spiro atoms. The van der Waals surface area contributed by atoms with Gasteiger partial charge in [0.2, 0.25) is 0 Å². The number of nitrogens with one attached hydrogen (secondary N) is 4. The zero-order chi connectivity index (χ0) is 20.4. The number of piperidine rings is 1. The van der Waals surface area contributed by atoms with Crippen LogP contribution >= 0.6 is 0 Å². The van der Waals surface area contributed by atoms with Gasteiger partial charge in [-0.25, -0.2) is 4.79 Å². The number of imide groups is 1. The lowest BCUT2D eigenvalue weighted by Crippen LogP contribution is -2.55. The van der Waals surface area contributed by atoms with E-state index in [9.17, 15) is 9.59 Å². The third kappa shape index (κ3) is 3.66. The molecule has 1 aromatic heterocycles. The van der Waals surface area contributed by atoms with E-state index in [0.29, 0.717) is 0 Å². The summed E-state index contributed by atoms with van der Waals surface area (Å²) >= 11 is 0. The Hall–Kier alpha value is -3.03. The van der Waals surface area contributed by atoms with Crippen molar-refractivity contribution < 1.29 is 9.59 Å². The predicted molar refractivity (Wildman–Crippen MR) is 113 cm³/mol. The van der Waals surface area contributed by atoms with Crippen LogP contribution in [0.2, 0.25) is 0 Å². The first kappa shape index (κ1) is 19.3. The van der Waals surface area contributed by atoms with E-state index in [1.54, 1.807) is 7.05 Å². The fourth-order valence-electron chi connectivity index (χ4n) is 4.49. The maximum atomic E-state index is 12.2. The fourth-order valence-corrected chi connectivity index (χ4v) is 4.49. The standard InChI is InChI=1S/C21H28N6O2/c1-21(18(28)25-20(29)26-21)15-8-11-27(12-9-15)19(22-2)23-10-7-14-13-24-17-6-4-3-5-16(14)17/h3-6,13,15,24H,7-12H2,1-2H3,(H,22,23)(H2,25,26,28,29). The van der Waals surface area contributed by atoms with Crippen molar-refractivity contribution in [2.24, 2.45) is 10.9 Å². The number of fused-ring (bicyclic) bond motifs is 1. The summed E-state index contributed by atoms with van der Waals surface area (Å²) in [7, 11) is 1.80. The number of amides is 3. The van der Waals surface area contributed by atoms with Gasteiger partial charge in [0.15, 0.2) is 5.96 Å². The van der Waals surface area contributed by atoms with Crippen LogP contribution < -0.4 is 16.0 Å². The first-order chi connectivity index (χ1) is 14.0. The maximum Gasteiger partial charge on any atom is 0.322 e. The largest absolute Gasteiger partial charge is 0.361 e. The van der Waals surface area contributed by atoms with Gasteiger partial charge in [0.05, 0.1) is 0 Å². The second-order valence-electron chi connectivity index (χ2n) is 7.96. The van der Waals surface area contributed by atoms with Crippen molar-refractivity contribution >= 4 is 28.8 Å². The Balaban J connectivity index is 1.30. The topological polar surface area (TPSA) is 102 Å². The van der Waals surface area contributed by atoms with E-state index in [4.69, 9.17) is 0 Å². The van der Waals surface area contributed by atoms with Gasteiger partial charge in [-0.15, -0.1) is 0 Å². The zero-order valence-corrected chi connectivity index (χ0v) is 16.9. The van der Waals surface area contributed by atoms with Gasteiger partial charge in [0.1, 0.15) is 5.54 Å². The van der Waals surface area contributed by atoms with Crippen LogP contribution in [0, 0.1) is 5.92 Å². The minimum absolute atomic E-state index is 0.120. The van der Waals surface area contributed by atoms with Gasteiger partial charge in [-0.1, -0.05) is 18.2 Å². The second-order valence-corrected chi connectivity index (χ2v) is 7.96. The molecular formula is C21H28N6O2. The number of hydrogen-bond acceptors (Lipinski definition) is 3. The molecule has 4 N–H and O–H groups in total. The molecular weight excluding hydrogens is 368 g/mol. The van der Waals surface area contributed by atoms with Gasteiger partial charge in [-0.2, -0.15) is 0 Å². The monoisotopic (exact) mass is 396 g/mol. The number of likely N-dealkylation sites (tertiary alicyclic amines) is 1. The van der Waals surface area contributed by atoms with Crippen molar-refractivity contribution in [3.8, 4) is 0 Å². The molecule has 4 rings (SSSR count). The number of para-hydroxylation sites is 1. The van der Waals surface area contributed by atoms with Crippen LogP contribution in [0.3, 0.4) is 0 Å². The summed E-state index contributed by atoms with van der Waals surface area (Å²) in [6.45, 7) is 4.22. The van der Waals surface area contributed by atoms with Crippen molar-refractivity contribution in [1.82, 2.24) is 25.8 Å². The molecule has 3 heterocycles. The number of aromatic nitrogens is 1. The minimum Gasteiger partial charge on any atom is -0.361 e. The normalized spacial score (nSPS) is 23.4. The van der Waals surface area contributed by atoms with Gasteiger partial charge >= 0.3 is 6.03 Å². The van der Waals surface area contributed by atoms with Crippen LogP contribution in [0.1, 0.15) is 25.3 Å². The highest BCUT2D eigenvalue weighted by Crippen LogP contribution is 2.30. The first-order valence-electron chi connectivity index (χ1n) is 10.2. The number of rotatable bonds is 4. The van der Waals surface area contributed by atoms with E-state index in [0.717, 1.165) is 50.4 Å². The summed E-state index contributed by atoms with van der Waals surface area (Å²) in [5.41, 5.74) is 1.64. The van der Waals surface area contributed by atoms with E-state index in [1.807, 2.05) is 13.0 Å². The first-order valence-corrected chi connectivity index (χ1v) is 10.2. The molecule has 154 valence electrons. The molecule has 2 fully saturated rings. The molecule has 0 saturated carbocycles. The molecule has 0 radical (unpaired) electrons. The molecule has 2 aliphatic heterocycles.